The summed E-state index contributed by atoms with van der Waals surface area (Å²) >= 11 is -2.48. The largest absolute Gasteiger partial charge is 0.755 e. The van der Waals surface area contributed by atoms with E-state index in [-0.39, 0.29) is 17.0 Å². The van der Waals surface area contributed by atoms with Gasteiger partial charge in [-0.2, -0.15) is 0 Å². The van der Waals surface area contributed by atoms with Gasteiger partial charge in [0, 0.05) is 29.5 Å². The van der Waals surface area contributed by atoms with Crippen molar-refractivity contribution in [2.45, 2.75) is 25.8 Å². The number of hydrogen-bond acceptors (Lipinski definition) is 5. The van der Waals surface area contributed by atoms with Crippen molar-refractivity contribution in [3.63, 3.8) is 0 Å². The first-order valence-corrected chi connectivity index (χ1v) is 8.30. The van der Waals surface area contributed by atoms with Gasteiger partial charge in [0.25, 0.3) is 5.91 Å². The number of carbonyl (C=O) groups is 1. The van der Waals surface area contributed by atoms with E-state index in [2.05, 4.69) is 21.9 Å². The predicted molar refractivity (Wildman–Crippen MR) is 83.3 cm³/mol. The van der Waals surface area contributed by atoms with Gasteiger partial charge in [-0.15, -0.1) is 0 Å². The molecule has 1 saturated heterocycles. The van der Waals surface area contributed by atoms with Gasteiger partial charge in [0.2, 0.25) is 0 Å². The Morgan fingerprint density at radius 3 is 3.00 bits per heavy atom. The molecular weight excluding hydrogens is 306 g/mol. The molecule has 8 heteroatoms. The normalized spacial score (nSPS) is 19.8. The number of likely N-dealkylation sites (N-methyl/N-ethyl adjacent to an activating group) is 1. The third-order valence-electron chi connectivity index (χ3n) is 3.85. The van der Waals surface area contributed by atoms with E-state index < -0.39 is 17.2 Å². The number of hydrogen-bond donors (Lipinski definition) is 3. The summed E-state index contributed by atoms with van der Waals surface area (Å²) in [5.41, 5.74) is 0.281. The zero-order valence-electron chi connectivity index (χ0n) is 12.4. The highest BCUT2D eigenvalue weighted by molar-refractivity contribution is 7.80. The number of amides is 1. The summed E-state index contributed by atoms with van der Waals surface area (Å²) in [7, 11) is 0. The Balaban J connectivity index is 2.01. The minimum atomic E-state index is -2.48. The maximum absolute atomic E-state index is 12.2. The van der Waals surface area contributed by atoms with Crippen LogP contribution in [0.1, 0.15) is 30.1 Å². The summed E-state index contributed by atoms with van der Waals surface area (Å²) in [4.78, 5) is 14.5. The second kappa shape index (κ2) is 7.57. The smallest absolute Gasteiger partial charge is 0.255 e. The van der Waals surface area contributed by atoms with Gasteiger partial charge in [-0.25, -0.2) is 0 Å². The van der Waals surface area contributed by atoms with E-state index in [1.165, 1.54) is 18.2 Å². The Morgan fingerprint density at radius 1 is 1.55 bits per heavy atom. The van der Waals surface area contributed by atoms with Crippen LogP contribution in [-0.2, 0) is 11.3 Å². The zero-order valence-corrected chi connectivity index (χ0v) is 13.2. The summed E-state index contributed by atoms with van der Waals surface area (Å²) in [5.74, 6) is -0.598. The molecule has 1 heterocycles. The third-order valence-corrected chi connectivity index (χ3v) is 4.25. The Bertz CT molecular complexity index is 567. The number of phenols is 1. The SMILES string of the molecule is CCN1CCCC1CNC(=O)c1cc(NS(=O)[O-])ccc1O. The van der Waals surface area contributed by atoms with E-state index in [0.29, 0.717) is 12.6 Å². The number of carbonyl (C=O) groups excluding carboxylic acids is 1. The molecule has 1 aromatic rings. The van der Waals surface area contributed by atoms with Crippen LogP contribution in [-0.4, -0.2) is 50.4 Å². The van der Waals surface area contributed by atoms with Crippen LogP contribution in [0.3, 0.4) is 0 Å². The molecule has 1 aromatic carbocycles. The van der Waals surface area contributed by atoms with Crippen LogP contribution < -0.4 is 10.0 Å². The van der Waals surface area contributed by atoms with Crippen molar-refractivity contribution in [1.82, 2.24) is 10.2 Å². The number of benzene rings is 1. The number of nitrogens with zero attached hydrogens (tertiary/aromatic N) is 1. The highest BCUT2D eigenvalue weighted by atomic mass is 32.2. The van der Waals surface area contributed by atoms with Crippen molar-refractivity contribution in [2.24, 2.45) is 0 Å². The molecule has 22 heavy (non-hydrogen) atoms. The lowest BCUT2D eigenvalue weighted by molar-refractivity contribution is 0.0938. The molecule has 0 aliphatic carbocycles. The van der Waals surface area contributed by atoms with Gasteiger partial charge in [0.15, 0.2) is 0 Å². The van der Waals surface area contributed by atoms with E-state index in [1.54, 1.807) is 0 Å². The first-order chi connectivity index (χ1) is 10.5. The van der Waals surface area contributed by atoms with Crippen LogP contribution in [0.2, 0.25) is 0 Å². The molecule has 0 saturated carbocycles. The molecule has 1 aliphatic rings. The number of rotatable bonds is 6. The number of nitrogens with one attached hydrogen (secondary N) is 2. The van der Waals surface area contributed by atoms with Gasteiger partial charge in [-0.05, 0) is 44.1 Å². The predicted octanol–water partition coefficient (Wildman–Crippen LogP) is 0.812. The highest BCUT2D eigenvalue weighted by Crippen LogP contribution is 2.22. The van der Waals surface area contributed by atoms with Crippen molar-refractivity contribution in [3.8, 4) is 5.75 Å². The van der Waals surface area contributed by atoms with Crippen LogP contribution in [0, 0.1) is 0 Å². The molecule has 7 nitrogen and oxygen atoms in total. The van der Waals surface area contributed by atoms with Crippen molar-refractivity contribution >= 4 is 22.9 Å². The number of aromatic hydroxyl groups is 1. The van der Waals surface area contributed by atoms with Crippen LogP contribution in [0.4, 0.5) is 5.69 Å². The van der Waals surface area contributed by atoms with Crippen molar-refractivity contribution in [2.75, 3.05) is 24.4 Å². The van der Waals surface area contributed by atoms with Crippen molar-refractivity contribution in [3.05, 3.63) is 23.8 Å². The van der Waals surface area contributed by atoms with Gasteiger partial charge in [0.05, 0.1) is 5.56 Å². The fourth-order valence-electron chi connectivity index (χ4n) is 2.73. The standard InChI is InChI=1S/C14H21N3O4S/c1-2-17-7-3-4-11(17)9-15-14(19)12-8-10(16-22(20)21)5-6-13(12)18/h5-6,8,11,16,18H,2-4,7,9H2,1H3,(H,15,19)(H,20,21)/p-1. The molecule has 122 valence electrons. The molecule has 2 unspecified atom stereocenters. The zero-order chi connectivity index (χ0) is 16.1. The summed E-state index contributed by atoms with van der Waals surface area (Å²) < 4.78 is 23.4. The molecule has 2 rings (SSSR count). The minimum absolute atomic E-state index is 0.0523. The number of phenolic OH excluding ortho intramolecular Hbond substituents is 1. The first kappa shape index (κ1) is 16.7. The lowest BCUT2D eigenvalue weighted by Crippen LogP contribution is -2.40. The third kappa shape index (κ3) is 4.19. The average molecular weight is 326 g/mol. The van der Waals surface area contributed by atoms with Crippen LogP contribution in [0.5, 0.6) is 5.75 Å². The van der Waals surface area contributed by atoms with Gasteiger partial charge >= 0.3 is 0 Å². The van der Waals surface area contributed by atoms with E-state index in [9.17, 15) is 18.7 Å². The topological polar surface area (TPSA) is 105 Å². The second-order valence-electron chi connectivity index (χ2n) is 5.20. The second-order valence-corrected chi connectivity index (χ2v) is 5.88. The summed E-state index contributed by atoms with van der Waals surface area (Å²) in [6.45, 7) is 4.58. The molecule has 0 bridgehead atoms. The highest BCUT2D eigenvalue weighted by Gasteiger charge is 2.23. The first-order valence-electron chi connectivity index (χ1n) is 7.22. The van der Waals surface area contributed by atoms with Gasteiger partial charge in [-0.1, -0.05) is 6.92 Å². The van der Waals surface area contributed by atoms with Crippen LogP contribution in [0.25, 0.3) is 0 Å². The van der Waals surface area contributed by atoms with E-state index in [4.69, 9.17) is 0 Å². The summed E-state index contributed by atoms with van der Waals surface area (Å²) in [5, 5.41) is 12.6. The summed E-state index contributed by atoms with van der Waals surface area (Å²) in [6, 6.07) is 4.30. The maximum Gasteiger partial charge on any atom is 0.255 e. The molecule has 1 amide bonds. The fraction of sp³-hybridized carbons (Fsp3) is 0.500. The lowest BCUT2D eigenvalue weighted by Gasteiger charge is -2.23. The minimum Gasteiger partial charge on any atom is -0.755 e. The van der Waals surface area contributed by atoms with Crippen molar-refractivity contribution < 1.29 is 18.7 Å². The molecule has 0 radical (unpaired) electrons. The van der Waals surface area contributed by atoms with E-state index in [0.717, 1.165) is 25.9 Å². The Kier molecular flexibility index (Phi) is 5.76. The molecule has 0 spiro atoms. The quantitative estimate of drug-likeness (QED) is 0.530. The van der Waals surface area contributed by atoms with E-state index in [1.807, 2.05) is 0 Å². The summed E-state index contributed by atoms with van der Waals surface area (Å²) in [6.07, 6.45) is 2.16. The molecule has 2 atom stereocenters. The Hall–Kier alpha value is -1.64. The van der Waals surface area contributed by atoms with Crippen LogP contribution in [0.15, 0.2) is 18.2 Å². The molecule has 0 aromatic heterocycles. The maximum atomic E-state index is 12.2. The number of anilines is 1. The Morgan fingerprint density at radius 2 is 2.32 bits per heavy atom. The fourth-order valence-corrected chi connectivity index (χ4v) is 3.05. The van der Waals surface area contributed by atoms with Crippen LogP contribution >= 0.6 is 0 Å². The van der Waals surface area contributed by atoms with Gasteiger partial charge in [-0.3, -0.25) is 13.9 Å². The van der Waals surface area contributed by atoms with Crippen molar-refractivity contribution in [1.29, 1.82) is 0 Å². The lowest BCUT2D eigenvalue weighted by atomic mass is 10.1. The van der Waals surface area contributed by atoms with Gasteiger partial charge in [0.1, 0.15) is 5.75 Å². The van der Waals surface area contributed by atoms with Gasteiger partial charge < -0.3 is 19.7 Å². The monoisotopic (exact) mass is 326 g/mol. The molecule has 3 N–H and O–H groups in total. The average Bonchev–Trinajstić information content (AvgIpc) is 2.93. The molecule has 1 aliphatic heterocycles. The Labute approximate surface area is 132 Å². The number of likely N-dealkylation sites (tertiary alicyclic amines) is 1. The molecular formula is C14H20N3O4S-. The van der Waals surface area contributed by atoms with E-state index >= 15 is 0 Å². The molecule has 1 fully saturated rings.